The number of aryl methyl sites for hydroxylation is 7. The van der Waals surface area contributed by atoms with Crippen molar-refractivity contribution in [3.8, 4) is 56.0 Å². The number of para-hydroxylation sites is 3. The Morgan fingerprint density at radius 1 is 0.340 bits per heavy atom. The molecule has 0 aliphatic rings. The minimum Gasteiger partial charge on any atom is -0.455 e. The summed E-state index contributed by atoms with van der Waals surface area (Å²) in [6, 6.07) is 77.7. The van der Waals surface area contributed by atoms with E-state index in [-0.39, 0.29) is 5.82 Å². The summed E-state index contributed by atoms with van der Waals surface area (Å²) in [6.45, 7) is 34.2. The summed E-state index contributed by atoms with van der Waals surface area (Å²) < 4.78 is 40.4. The largest absolute Gasteiger partial charge is 0.455 e. The van der Waals surface area contributed by atoms with Gasteiger partial charge in [-0.05, 0) is 171 Å². The highest BCUT2D eigenvalue weighted by molar-refractivity contribution is 6.89. The highest BCUT2D eigenvalue weighted by atomic mass is 28.3. The van der Waals surface area contributed by atoms with Crippen LogP contribution in [0.2, 0.25) is 39.3 Å². The summed E-state index contributed by atoms with van der Waals surface area (Å²) in [5, 5.41) is 13.4. The van der Waals surface area contributed by atoms with Crippen LogP contribution >= 0.6 is 0 Å². The maximum absolute atomic E-state index is 13.6. The first-order valence-corrected chi connectivity index (χ1v) is 43.2. The van der Waals surface area contributed by atoms with Gasteiger partial charge in [0.05, 0.1) is 32.8 Å². The van der Waals surface area contributed by atoms with Crippen molar-refractivity contribution >= 4 is 125 Å². The molecule has 17 rings (SSSR count). The van der Waals surface area contributed by atoms with Gasteiger partial charge >= 0.3 is 0 Å². The van der Waals surface area contributed by atoms with Crippen molar-refractivity contribution in [3.63, 3.8) is 0 Å². The Morgan fingerprint density at radius 2 is 0.718 bits per heavy atom. The van der Waals surface area contributed by atoms with Gasteiger partial charge in [-0.15, -0.1) is 0 Å². The average Bonchev–Trinajstić information content (AvgIpc) is 1.64. The highest BCUT2D eigenvalue weighted by Crippen LogP contribution is 2.45. The Balaban J connectivity index is 0.000000127. The fraction of sp³-hybridized carbons (Fsp3) is 0.202. The molecule has 0 N–H and O–H groups in total. The second kappa shape index (κ2) is 26.0. The zero-order valence-corrected chi connectivity index (χ0v) is 64.8. The van der Waals surface area contributed by atoms with Gasteiger partial charge in [-0.2, -0.15) is 13.7 Å². The van der Waals surface area contributed by atoms with E-state index in [0.29, 0.717) is 5.92 Å². The van der Waals surface area contributed by atoms with E-state index in [0.717, 1.165) is 77.6 Å². The van der Waals surface area contributed by atoms with Crippen molar-refractivity contribution in [1.29, 1.82) is 0 Å². The Bertz CT molecular complexity index is 6300. The molecule has 512 valence electrons. The smallest absolute Gasteiger partial charge is 0.216 e. The van der Waals surface area contributed by atoms with Crippen LogP contribution in [-0.4, -0.2) is 16.1 Å². The van der Waals surface area contributed by atoms with E-state index in [4.69, 9.17) is 13.3 Å². The quantitative estimate of drug-likeness (QED) is 0.113. The second-order valence-corrected chi connectivity index (χ2v) is 41.3. The summed E-state index contributed by atoms with van der Waals surface area (Å²) in [4.78, 5) is 0. The zero-order chi connectivity index (χ0) is 72.4. The topological polar surface area (TPSA) is 51.1 Å². The Hall–Kier alpha value is -10.6. The third kappa shape index (κ3) is 12.0. The summed E-state index contributed by atoms with van der Waals surface area (Å²) in [7, 11) is 3.62. The summed E-state index contributed by atoms with van der Waals surface area (Å²) in [5.74, 6) is 0.293. The minimum atomic E-state index is -1.38. The van der Waals surface area contributed by atoms with Gasteiger partial charge in [0.2, 0.25) is 33.6 Å². The van der Waals surface area contributed by atoms with Crippen LogP contribution in [0.25, 0.3) is 155 Å². The molecule has 0 aliphatic heterocycles. The molecule has 11 aromatic carbocycles. The molecule has 17 aromatic rings. The van der Waals surface area contributed by atoms with Crippen LogP contribution < -0.4 is 24.1 Å². The normalized spacial score (nSPS) is 12.1. The summed E-state index contributed by atoms with van der Waals surface area (Å²) in [5.41, 5.74) is 30.7. The van der Waals surface area contributed by atoms with Crippen LogP contribution in [0.3, 0.4) is 0 Å². The maximum Gasteiger partial charge on any atom is 0.216 e. The molecule has 0 fully saturated rings. The van der Waals surface area contributed by atoms with Crippen LogP contribution in [0.1, 0.15) is 64.3 Å². The molecule has 0 atom stereocenters. The number of rotatable bonds is 8. The molecule has 103 heavy (non-hydrogen) atoms. The Kier molecular flexibility index (Phi) is 17.2. The number of hydrogen-bond donors (Lipinski definition) is 0. The number of hydrogen-bond acceptors (Lipinski definition) is 3. The Morgan fingerprint density at radius 3 is 1.15 bits per heavy atom. The first kappa shape index (κ1) is 68.2. The van der Waals surface area contributed by atoms with Gasteiger partial charge in [-0.3, -0.25) is 0 Å². The van der Waals surface area contributed by atoms with Gasteiger partial charge < -0.3 is 13.3 Å². The molecular weight excluding hydrogens is 1290 g/mol. The van der Waals surface area contributed by atoms with Crippen molar-refractivity contribution in [2.75, 3.05) is 0 Å². The second-order valence-electron chi connectivity index (χ2n) is 31.1. The van der Waals surface area contributed by atoms with E-state index in [9.17, 15) is 4.39 Å². The lowest BCUT2D eigenvalue weighted by Gasteiger charge is -2.17. The monoisotopic (exact) mass is 1380 g/mol. The van der Waals surface area contributed by atoms with Crippen LogP contribution in [0.5, 0.6) is 0 Å². The maximum atomic E-state index is 13.6. The third-order valence-corrected chi connectivity index (χ3v) is 26.1. The SMILES string of the molecule is Cc1cc2c(oc3c(-c4ccc(C(C)C)cc4)cccc32)c(-c2ccc3cc([Si](C)(C)C)ccc3[n+]2C)c1C.Cc1cc2c(oc3ccccc32)c(-c2ccc3cc(F)ccc3[n+]2C)c1C.Cc1ccc(-c2cccc3c2oc2c(-c4ccc5cc([Si](C)(C)C)ccc5[n+]4C)c(C)c(C)cc23)cc1. The van der Waals surface area contributed by atoms with Gasteiger partial charge in [-0.25, -0.2) is 4.39 Å². The number of aromatic nitrogens is 3. The molecule has 0 saturated carbocycles. The Labute approximate surface area is 606 Å². The van der Waals surface area contributed by atoms with Crippen LogP contribution in [0.4, 0.5) is 4.39 Å². The lowest BCUT2D eigenvalue weighted by molar-refractivity contribution is -0.633. The zero-order valence-electron chi connectivity index (χ0n) is 62.8. The number of nitrogens with zero attached hydrogens (tertiary/aromatic N) is 3. The molecule has 0 saturated heterocycles. The lowest BCUT2D eigenvalue weighted by Crippen LogP contribution is -2.38. The molecular formula is C94H91FN3O3Si2+3. The molecule has 0 unspecified atom stereocenters. The van der Waals surface area contributed by atoms with Crippen molar-refractivity contribution in [2.24, 2.45) is 21.1 Å². The van der Waals surface area contributed by atoms with Crippen molar-refractivity contribution in [3.05, 3.63) is 269 Å². The van der Waals surface area contributed by atoms with E-state index < -0.39 is 16.1 Å². The van der Waals surface area contributed by atoms with E-state index >= 15 is 0 Å². The van der Waals surface area contributed by atoms with Crippen molar-refractivity contribution in [1.82, 2.24) is 0 Å². The first-order chi connectivity index (χ1) is 49.2. The van der Waals surface area contributed by atoms with Gasteiger partial charge in [0.25, 0.3) is 0 Å². The molecule has 9 heteroatoms. The molecule has 6 aromatic heterocycles. The minimum absolute atomic E-state index is 0.221. The number of pyridine rings is 3. The average molecular weight is 1390 g/mol. The van der Waals surface area contributed by atoms with Gasteiger partial charge in [0, 0.05) is 96.0 Å². The molecule has 0 amide bonds. The number of benzene rings is 11. The predicted octanol–water partition coefficient (Wildman–Crippen LogP) is 23.5. The summed E-state index contributed by atoms with van der Waals surface area (Å²) >= 11 is 0. The standard InChI is InChI=1S/C36H38NOSi.C34H34NOSi.C24H19FNO/c1-22(2)25-12-14-26(15-13-25)29-10-9-11-30-31-20-23(3)24(4)34(36(31)38-35(29)30)33-18-16-27-21-28(39(6,7)8)17-19-32(27)37(33)5;1-21-11-13-24(14-12-21)27-9-8-10-28-29-19-22(2)23(3)32(34(29)36-33(27)28)31-17-15-25-20-26(37(5,6)7)16-18-30(25)35(31)4;1-14-12-19-18-6-4-5-7-22(18)27-24(19)23(15(14)2)21-10-8-16-13-17(25)9-11-20(16)26(21)3/h9-22H,1-8H3;8-20H,1-7H3;4-13H,1-3H3/q3*+1. The molecule has 6 nitrogen and oxygen atoms in total. The van der Waals surface area contributed by atoms with Gasteiger partial charge in [0.1, 0.15) is 60.5 Å². The van der Waals surface area contributed by atoms with Crippen LogP contribution in [0, 0.1) is 54.3 Å². The number of furan rings is 3. The van der Waals surface area contributed by atoms with Crippen LogP contribution in [-0.2, 0) is 21.1 Å². The van der Waals surface area contributed by atoms with E-state index in [1.54, 1.807) is 6.07 Å². The van der Waals surface area contributed by atoms with E-state index in [1.807, 2.05) is 37.4 Å². The van der Waals surface area contributed by atoms with Crippen molar-refractivity contribution in [2.45, 2.75) is 108 Å². The number of halogens is 1. The fourth-order valence-corrected chi connectivity index (χ4v) is 17.8. The van der Waals surface area contributed by atoms with E-state index in [1.165, 1.54) is 138 Å². The third-order valence-electron chi connectivity index (χ3n) is 22.0. The van der Waals surface area contributed by atoms with Crippen LogP contribution in [0.15, 0.2) is 232 Å². The predicted molar refractivity (Wildman–Crippen MR) is 438 cm³/mol. The molecule has 0 aliphatic carbocycles. The van der Waals surface area contributed by atoms with Gasteiger partial charge in [-0.1, -0.05) is 184 Å². The molecule has 6 heterocycles. The first-order valence-electron chi connectivity index (χ1n) is 36.2. The van der Waals surface area contributed by atoms with E-state index in [2.05, 4.69) is 305 Å². The molecule has 0 bridgehead atoms. The fourth-order valence-electron chi connectivity index (χ4n) is 15.4. The highest BCUT2D eigenvalue weighted by Gasteiger charge is 2.30. The molecule has 0 spiro atoms. The lowest BCUT2D eigenvalue weighted by atomic mass is 9.95. The summed E-state index contributed by atoms with van der Waals surface area (Å²) in [6.07, 6.45) is 0. The van der Waals surface area contributed by atoms with Crippen molar-refractivity contribution < 1.29 is 31.3 Å². The van der Waals surface area contributed by atoms with Gasteiger partial charge in [0.15, 0.2) is 0 Å². The number of fused-ring (bicyclic) bond motifs is 12. The molecule has 0 radical (unpaired) electrons.